The Morgan fingerprint density at radius 1 is 1.50 bits per heavy atom. The van der Waals surface area contributed by atoms with Gasteiger partial charge >= 0.3 is 0 Å². The Morgan fingerprint density at radius 3 is 2.71 bits per heavy atom. The molecule has 1 aromatic carbocycles. The maximum absolute atomic E-state index is 7.17. The number of nitrogens with one attached hydrogen (secondary N) is 1. The van der Waals surface area contributed by atoms with Crippen LogP contribution < -0.4 is 16.2 Å². The van der Waals surface area contributed by atoms with Gasteiger partial charge in [-0.15, -0.1) is 0 Å². The van der Waals surface area contributed by atoms with Crippen LogP contribution in [-0.2, 0) is 13.0 Å². The fourth-order valence-electron chi connectivity index (χ4n) is 1.32. The van der Waals surface area contributed by atoms with Crippen LogP contribution in [0.2, 0.25) is 0 Å². The third-order valence-electron chi connectivity index (χ3n) is 1.96. The molecule has 0 atom stereocenters. The van der Waals surface area contributed by atoms with Crippen LogP contribution in [0.5, 0.6) is 5.75 Å². The van der Waals surface area contributed by atoms with Crippen LogP contribution in [0.4, 0.5) is 0 Å². The van der Waals surface area contributed by atoms with Crippen molar-refractivity contribution in [2.24, 2.45) is 11.5 Å². The van der Waals surface area contributed by atoms with Crippen LogP contribution >= 0.6 is 0 Å². The molecule has 0 aliphatic carbocycles. The lowest BCUT2D eigenvalue weighted by atomic mass is 10.1. The second-order valence-corrected chi connectivity index (χ2v) is 3.05. The summed E-state index contributed by atoms with van der Waals surface area (Å²) in [5.74, 6) is 0.929. The van der Waals surface area contributed by atoms with Crippen LogP contribution in [-0.4, -0.2) is 12.9 Å². The summed E-state index contributed by atoms with van der Waals surface area (Å²) >= 11 is 0. The largest absolute Gasteiger partial charge is 0.496 e. The normalized spacial score (nSPS) is 9.86. The third kappa shape index (κ3) is 2.47. The van der Waals surface area contributed by atoms with Crippen molar-refractivity contribution in [3.8, 4) is 5.75 Å². The van der Waals surface area contributed by atoms with Crippen molar-refractivity contribution in [3.63, 3.8) is 0 Å². The molecule has 0 saturated carbocycles. The lowest BCUT2D eigenvalue weighted by Crippen LogP contribution is -2.13. The van der Waals surface area contributed by atoms with Crippen molar-refractivity contribution >= 4 is 5.84 Å². The molecule has 0 aromatic heterocycles. The van der Waals surface area contributed by atoms with Crippen LogP contribution in [0, 0.1) is 5.41 Å². The van der Waals surface area contributed by atoms with Gasteiger partial charge in [-0.05, 0) is 11.6 Å². The zero-order valence-electron chi connectivity index (χ0n) is 8.21. The highest BCUT2D eigenvalue weighted by Crippen LogP contribution is 2.19. The van der Waals surface area contributed by atoms with E-state index >= 15 is 0 Å². The van der Waals surface area contributed by atoms with Crippen molar-refractivity contribution in [2.45, 2.75) is 13.0 Å². The van der Waals surface area contributed by atoms with Crippen LogP contribution in [0.1, 0.15) is 11.1 Å². The average molecular weight is 193 g/mol. The summed E-state index contributed by atoms with van der Waals surface area (Å²) in [5, 5.41) is 7.17. The summed E-state index contributed by atoms with van der Waals surface area (Å²) in [6.07, 6.45) is 0.455. The lowest BCUT2D eigenvalue weighted by Gasteiger charge is -2.08. The molecular formula is C10H15N3O. The highest BCUT2D eigenvalue weighted by Gasteiger charge is 2.03. The summed E-state index contributed by atoms with van der Waals surface area (Å²) in [4.78, 5) is 0. The van der Waals surface area contributed by atoms with E-state index in [9.17, 15) is 0 Å². The Kier molecular flexibility index (Phi) is 3.48. The minimum Gasteiger partial charge on any atom is -0.496 e. The molecule has 0 aliphatic rings. The van der Waals surface area contributed by atoms with Gasteiger partial charge in [-0.1, -0.05) is 12.1 Å². The van der Waals surface area contributed by atoms with Gasteiger partial charge in [0.2, 0.25) is 0 Å². The summed E-state index contributed by atoms with van der Waals surface area (Å²) < 4.78 is 5.13. The summed E-state index contributed by atoms with van der Waals surface area (Å²) in [7, 11) is 1.61. The molecule has 0 spiro atoms. The molecule has 1 aromatic rings. The highest BCUT2D eigenvalue weighted by molar-refractivity contribution is 5.79. The molecule has 5 N–H and O–H groups in total. The van der Waals surface area contributed by atoms with Gasteiger partial charge in [0.1, 0.15) is 5.75 Å². The smallest absolute Gasteiger partial charge is 0.123 e. The minimum atomic E-state index is 0.151. The highest BCUT2D eigenvalue weighted by atomic mass is 16.5. The molecule has 76 valence electrons. The van der Waals surface area contributed by atoms with Crippen molar-refractivity contribution in [3.05, 3.63) is 29.3 Å². The van der Waals surface area contributed by atoms with Crippen LogP contribution in [0.25, 0.3) is 0 Å². The zero-order valence-corrected chi connectivity index (χ0v) is 8.21. The van der Waals surface area contributed by atoms with E-state index in [1.165, 1.54) is 0 Å². The molecule has 14 heavy (non-hydrogen) atoms. The van der Waals surface area contributed by atoms with E-state index in [0.29, 0.717) is 13.0 Å². The average Bonchev–Trinajstić information content (AvgIpc) is 2.16. The number of amidine groups is 1. The summed E-state index contributed by atoms with van der Waals surface area (Å²) in [5.41, 5.74) is 12.8. The van der Waals surface area contributed by atoms with Crippen molar-refractivity contribution < 1.29 is 4.74 Å². The van der Waals surface area contributed by atoms with E-state index in [1.807, 2.05) is 18.2 Å². The third-order valence-corrected chi connectivity index (χ3v) is 1.96. The zero-order chi connectivity index (χ0) is 10.6. The number of ether oxygens (including phenoxy) is 1. The van der Waals surface area contributed by atoms with E-state index in [1.54, 1.807) is 7.11 Å². The van der Waals surface area contributed by atoms with Gasteiger partial charge in [-0.25, -0.2) is 0 Å². The maximum Gasteiger partial charge on any atom is 0.123 e. The number of rotatable bonds is 4. The first-order valence-corrected chi connectivity index (χ1v) is 4.36. The van der Waals surface area contributed by atoms with Gasteiger partial charge in [-0.3, -0.25) is 5.41 Å². The molecular weight excluding hydrogens is 178 g/mol. The SMILES string of the molecule is COc1ccc(CC(=N)N)cc1CN. The molecule has 0 fully saturated rings. The monoisotopic (exact) mass is 193 g/mol. The maximum atomic E-state index is 7.17. The van der Waals surface area contributed by atoms with Crippen molar-refractivity contribution in [2.75, 3.05) is 7.11 Å². The lowest BCUT2D eigenvalue weighted by molar-refractivity contribution is 0.409. The fraction of sp³-hybridized carbons (Fsp3) is 0.300. The Balaban J connectivity index is 2.95. The molecule has 0 unspecified atom stereocenters. The first kappa shape index (κ1) is 10.5. The first-order chi connectivity index (χ1) is 6.67. The number of nitrogens with two attached hydrogens (primary N) is 2. The molecule has 0 radical (unpaired) electrons. The van der Waals surface area contributed by atoms with E-state index in [4.69, 9.17) is 21.6 Å². The minimum absolute atomic E-state index is 0.151. The van der Waals surface area contributed by atoms with E-state index in [-0.39, 0.29) is 5.84 Å². The van der Waals surface area contributed by atoms with Gasteiger partial charge in [0.25, 0.3) is 0 Å². The predicted molar refractivity (Wildman–Crippen MR) is 56.5 cm³/mol. The quantitative estimate of drug-likeness (QED) is 0.484. The fourth-order valence-corrected chi connectivity index (χ4v) is 1.32. The first-order valence-electron chi connectivity index (χ1n) is 4.36. The Morgan fingerprint density at radius 2 is 2.21 bits per heavy atom. The molecule has 0 heterocycles. The van der Waals surface area contributed by atoms with Gasteiger partial charge in [0, 0.05) is 18.5 Å². The molecule has 1 rings (SSSR count). The van der Waals surface area contributed by atoms with Crippen LogP contribution in [0.3, 0.4) is 0 Å². The van der Waals surface area contributed by atoms with Crippen molar-refractivity contribution in [1.29, 1.82) is 5.41 Å². The Hall–Kier alpha value is -1.55. The Bertz CT molecular complexity index is 336. The number of hydrogen-bond acceptors (Lipinski definition) is 3. The molecule has 0 saturated heterocycles. The van der Waals surface area contributed by atoms with Gasteiger partial charge in [0.05, 0.1) is 12.9 Å². The number of benzene rings is 1. The van der Waals surface area contributed by atoms with Gasteiger partial charge in [0.15, 0.2) is 0 Å². The number of methoxy groups -OCH3 is 1. The second kappa shape index (κ2) is 4.62. The second-order valence-electron chi connectivity index (χ2n) is 3.05. The van der Waals surface area contributed by atoms with E-state index in [2.05, 4.69) is 0 Å². The number of hydrogen-bond donors (Lipinski definition) is 3. The standard InChI is InChI=1S/C10H15N3O/c1-14-9-3-2-7(5-10(12)13)4-8(9)6-11/h2-4H,5-6,11H2,1H3,(H3,12,13). The van der Waals surface area contributed by atoms with Gasteiger partial charge < -0.3 is 16.2 Å². The van der Waals surface area contributed by atoms with Gasteiger partial charge in [-0.2, -0.15) is 0 Å². The molecule has 4 heteroatoms. The summed E-state index contributed by atoms with van der Waals surface area (Å²) in [6, 6.07) is 5.65. The molecule has 0 bridgehead atoms. The van der Waals surface area contributed by atoms with E-state index in [0.717, 1.165) is 16.9 Å². The molecule has 0 aliphatic heterocycles. The molecule has 4 nitrogen and oxygen atoms in total. The molecule has 0 amide bonds. The topological polar surface area (TPSA) is 85.1 Å². The Labute approximate surface area is 83.4 Å². The van der Waals surface area contributed by atoms with Crippen LogP contribution in [0.15, 0.2) is 18.2 Å². The van der Waals surface area contributed by atoms with E-state index < -0.39 is 0 Å². The van der Waals surface area contributed by atoms with Crippen molar-refractivity contribution in [1.82, 2.24) is 0 Å². The summed E-state index contributed by atoms with van der Waals surface area (Å²) in [6.45, 7) is 0.426. The predicted octanol–water partition coefficient (Wildman–Crippen LogP) is 0.632.